The van der Waals surface area contributed by atoms with Crippen LogP contribution in [0.25, 0.3) is 6.08 Å². The van der Waals surface area contributed by atoms with Crippen LogP contribution in [0.15, 0.2) is 36.5 Å². The molecule has 1 aromatic heterocycles. The number of alkyl halides is 3. The van der Waals surface area contributed by atoms with E-state index >= 15 is 0 Å². The Morgan fingerprint density at radius 1 is 1.23 bits per heavy atom. The Balaban J connectivity index is 2.29. The molecular weight excluding hydrogens is 509 g/mol. The lowest BCUT2D eigenvalue weighted by Gasteiger charge is -2.14. The van der Waals surface area contributed by atoms with E-state index in [1.165, 1.54) is 18.2 Å². The van der Waals surface area contributed by atoms with E-state index in [0.717, 1.165) is 18.9 Å². The monoisotopic (exact) mass is 534 g/mol. The van der Waals surface area contributed by atoms with E-state index < -0.39 is 27.7 Å². The third-order valence-corrected chi connectivity index (χ3v) is 5.99. The van der Waals surface area contributed by atoms with E-state index in [9.17, 15) is 26.4 Å². The van der Waals surface area contributed by atoms with E-state index in [-0.39, 0.29) is 28.5 Å². The SMILES string of the molecule is CCCCCS(=O)(=O)NC(=O)C=Cc1ccc(OC(C)C)cc1Oc1ncc(C(F)(F)F)cc1Cl. The number of aromatic nitrogens is 1. The predicted octanol–water partition coefficient (Wildman–Crippen LogP) is 5.98. The van der Waals surface area contributed by atoms with Gasteiger partial charge >= 0.3 is 6.18 Å². The first-order valence-electron chi connectivity index (χ1n) is 10.7. The molecule has 1 N–H and O–H groups in total. The number of nitrogens with one attached hydrogen (secondary N) is 1. The van der Waals surface area contributed by atoms with Gasteiger partial charge in [-0.05, 0) is 44.5 Å². The van der Waals surface area contributed by atoms with Crippen molar-refractivity contribution in [3.05, 3.63) is 52.7 Å². The highest BCUT2D eigenvalue weighted by Gasteiger charge is 2.32. The summed E-state index contributed by atoms with van der Waals surface area (Å²) in [7, 11) is -3.78. The zero-order valence-electron chi connectivity index (χ0n) is 19.4. The number of halogens is 4. The number of nitrogens with zero attached hydrogens (tertiary/aromatic N) is 1. The number of amides is 1. The first-order valence-corrected chi connectivity index (χ1v) is 12.8. The summed E-state index contributed by atoms with van der Waals surface area (Å²) in [6.45, 7) is 5.53. The van der Waals surface area contributed by atoms with Crippen molar-refractivity contribution in [3.63, 3.8) is 0 Å². The second-order valence-electron chi connectivity index (χ2n) is 7.80. The zero-order chi connectivity index (χ0) is 26.2. The molecule has 0 aliphatic carbocycles. The summed E-state index contributed by atoms with van der Waals surface area (Å²) in [6, 6.07) is 5.26. The number of pyridine rings is 1. The molecule has 12 heteroatoms. The lowest BCUT2D eigenvalue weighted by molar-refractivity contribution is -0.137. The number of unbranched alkanes of at least 4 members (excludes halogenated alkanes) is 2. The summed E-state index contributed by atoms with van der Waals surface area (Å²) in [5.41, 5.74) is -0.735. The fourth-order valence-electron chi connectivity index (χ4n) is 2.79. The molecule has 0 aliphatic rings. The first kappa shape index (κ1) is 28.4. The summed E-state index contributed by atoms with van der Waals surface area (Å²) >= 11 is 5.95. The molecule has 7 nitrogen and oxygen atoms in total. The van der Waals surface area contributed by atoms with Crippen LogP contribution in [-0.4, -0.2) is 31.2 Å². The number of benzene rings is 1. The Bertz CT molecular complexity index is 1170. The fraction of sp³-hybridized carbons (Fsp3) is 0.391. The largest absolute Gasteiger partial charge is 0.491 e. The number of sulfonamides is 1. The van der Waals surface area contributed by atoms with Crippen molar-refractivity contribution in [2.24, 2.45) is 0 Å². The van der Waals surface area contributed by atoms with Crippen molar-refractivity contribution >= 4 is 33.6 Å². The van der Waals surface area contributed by atoms with Gasteiger partial charge in [-0.1, -0.05) is 31.4 Å². The van der Waals surface area contributed by atoms with Gasteiger partial charge < -0.3 is 9.47 Å². The minimum Gasteiger partial charge on any atom is -0.491 e. The van der Waals surface area contributed by atoms with Gasteiger partial charge in [-0.25, -0.2) is 18.1 Å². The molecule has 0 saturated carbocycles. The maximum atomic E-state index is 12.9. The van der Waals surface area contributed by atoms with E-state index in [0.29, 0.717) is 30.0 Å². The molecule has 0 radical (unpaired) electrons. The average Bonchev–Trinajstić information content (AvgIpc) is 2.73. The predicted molar refractivity (Wildman–Crippen MR) is 127 cm³/mol. The van der Waals surface area contributed by atoms with Crippen molar-refractivity contribution in [1.29, 1.82) is 0 Å². The van der Waals surface area contributed by atoms with Gasteiger partial charge in [-0.15, -0.1) is 0 Å². The molecule has 192 valence electrons. The normalized spacial score (nSPS) is 12.2. The second kappa shape index (κ2) is 12.3. The van der Waals surface area contributed by atoms with Gasteiger partial charge in [0.15, 0.2) is 0 Å². The van der Waals surface area contributed by atoms with Crippen molar-refractivity contribution in [3.8, 4) is 17.4 Å². The quantitative estimate of drug-likeness (QED) is 0.281. The Morgan fingerprint density at radius 2 is 1.94 bits per heavy atom. The summed E-state index contributed by atoms with van der Waals surface area (Å²) in [6.07, 6.45) is 0.0607. The highest BCUT2D eigenvalue weighted by atomic mass is 35.5. The highest BCUT2D eigenvalue weighted by molar-refractivity contribution is 7.90. The van der Waals surface area contributed by atoms with E-state index in [2.05, 4.69) is 4.98 Å². The van der Waals surface area contributed by atoms with Crippen LogP contribution in [0.3, 0.4) is 0 Å². The van der Waals surface area contributed by atoms with Crippen LogP contribution < -0.4 is 14.2 Å². The molecule has 0 fully saturated rings. The lowest BCUT2D eigenvalue weighted by atomic mass is 10.1. The third kappa shape index (κ3) is 9.41. The van der Waals surface area contributed by atoms with E-state index in [1.54, 1.807) is 19.9 Å². The summed E-state index contributed by atoms with van der Waals surface area (Å²) in [5, 5.41) is -0.374. The molecule has 35 heavy (non-hydrogen) atoms. The molecule has 0 aliphatic heterocycles. The van der Waals surface area contributed by atoms with Gasteiger partial charge in [-0.3, -0.25) is 4.79 Å². The first-order chi connectivity index (χ1) is 16.3. The number of hydrogen-bond acceptors (Lipinski definition) is 6. The van der Waals surface area contributed by atoms with Crippen LogP contribution in [0.1, 0.15) is 51.2 Å². The molecule has 1 amide bonds. The van der Waals surface area contributed by atoms with Gasteiger partial charge in [0.2, 0.25) is 15.9 Å². The van der Waals surface area contributed by atoms with Crippen molar-refractivity contribution < 1.29 is 35.9 Å². The Kier molecular flexibility index (Phi) is 9.96. The maximum Gasteiger partial charge on any atom is 0.417 e. The van der Waals surface area contributed by atoms with Gasteiger partial charge in [0.1, 0.15) is 16.5 Å². The van der Waals surface area contributed by atoms with Crippen LogP contribution in [-0.2, 0) is 21.0 Å². The molecule has 2 rings (SSSR count). The smallest absolute Gasteiger partial charge is 0.417 e. The average molecular weight is 535 g/mol. The molecular formula is C23H26ClF3N2O5S. The Morgan fingerprint density at radius 3 is 2.54 bits per heavy atom. The van der Waals surface area contributed by atoms with E-state index in [4.69, 9.17) is 21.1 Å². The Hall–Kier alpha value is -2.79. The van der Waals surface area contributed by atoms with Crippen molar-refractivity contribution in [2.75, 3.05) is 5.75 Å². The van der Waals surface area contributed by atoms with Crippen LogP contribution in [0.5, 0.6) is 17.4 Å². The van der Waals surface area contributed by atoms with Crippen molar-refractivity contribution in [2.45, 2.75) is 52.3 Å². The topological polar surface area (TPSA) is 94.6 Å². The van der Waals surface area contributed by atoms with Crippen molar-refractivity contribution in [1.82, 2.24) is 9.71 Å². The number of ether oxygens (including phenoxy) is 2. The third-order valence-electron chi connectivity index (χ3n) is 4.39. The lowest BCUT2D eigenvalue weighted by Crippen LogP contribution is -2.31. The number of carbonyl (C=O) groups excluding carboxylic acids is 1. The molecule has 0 saturated heterocycles. The minimum atomic E-state index is -4.63. The van der Waals surface area contributed by atoms with Gasteiger partial charge in [0, 0.05) is 23.9 Å². The Labute approximate surface area is 207 Å². The zero-order valence-corrected chi connectivity index (χ0v) is 20.9. The van der Waals surface area contributed by atoms with Gasteiger partial charge in [0.05, 0.1) is 17.4 Å². The molecule has 1 heterocycles. The van der Waals surface area contributed by atoms with Gasteiger partial charge in [-0.2, -0.15) is 13.2 Å². The fourth-order valence-corrected chi connectivity index (χ4v) is 4.06. The van der Waals surface area contributed by atoms with Crippen LogP contribution >= 0.6 is 11.6 Å². The molecule has 0 unspecified atom stereocenters. The molecule has 0 atom stereocenters. The maximum absolute atomic E-state index is 12.9. The summed E-state index contributed by atoms with van der Waals surface area (Å²) in [5.74, 6) is -0.862. The van der Waals surface area contributed by atoms with Crippen LogP contribution in [0, 0.1) is 0 Å². The second-order valence-corrected chi connectivity index (χ2v) is 10.1. The number of rotatable bonds is 11. The molecule has 0 spiro atoms. The summed E-state index contributed by atoms with van der Waals surface area (Å²) in [4.78, 5) is 15.8. The highest BCUT2D eigenvalue weighted by Crippen LogP contribution is 2.36. The minimum absolute atomic E-state index is 0.0761. The van der Waals surface area contributed by atoms with Crippen LogP contribution in [0.2, 0.25) is 5.02 Å². The summed E-state index contributed by atoms with van der Waals surface area (Å²) < 4.78 is 75.9. The number of hydrogen-bond donors (Lipinski definition) is 1. The van der Waals surface area contributed by atoms with E-state index in [1.807, 2.05) is 11.6 Å². The molecule has 0 bridgehead atoms. The van der Waals surface area contributed by atoms with Gasteiger partial charge in [0.25, 0.3) is 5.91 Å². The van der Waals surface area contributed by atoms with Crippen LogP contribution in [0.4, 0.5) is 13.2 Å². The number of carbonyl (C=O) groups is 1. The molecule has 1 aromatic carbocycles. The standard InChI is InChI=1S/C23H26ClF3N2O5S/c1-4-5-6-11-35(31,32)29-21(30)10-8-16-7-9-18(33-15(2)3)13-20(16)34-22-19(24)12-17(14-28-22)23(25,26)27/h7-10,12-15H,4-6,11H2,1-3H3,(H,29,30). The molecule has 2 aromatic rings.